The van der Waals surface area contributed by atoms with Gasteiger partial charge in [0, 0.05) is 85.0 Å². The molecule has 2 bridgehead atoms. The maximum absolute atomic E-state index is 14.9. The number of benzene rings is 2. The first-order chi connectivity index (χ1) is 30.4. The molecule has 2 saturated heterocycles. The minimum atomic E-state index is -2.36. The second kappa shape index (κ2) is 16.2. The normalized spacial score (nSPS) is 35.4. The Morgan fingerprint density at radius 3 is 2.55 bits per heavy atom. The summed E-state index contributed by atoms with van der Waals surface area (Å²) in [6, 6.07) is 12.1. The van der Waals surface area contributed by atoms with Crippen LogP contribution in [0.2, 0.25) is 19.1 Å². The molecule has 9 rings (SSSR count). The van der Waals surface area contributed by atoms with E-state index in [0.717, 1.165) is 65.0 Å². The van der Waals surface area contributed by atoms with Gasteiger partial charge >= 0.3 is 5.97 Å². The monoisotopic (exact) mass is 898 g/mol. The van der Waals surface area contributed by atoms with Crippen LogP contribution >= 0.6 is 0 Å². The van der Waals surface area contributed by atoms with Gasteiger partial charge in [-0.05, 0) is 118 Å². The number of carbonyl (C=O) groups is 2. The van der Waals surface area contributed by atoms with Crippen LogP contribution in [0.1, 0.15) is 81.2 Å². The van der Waals surface area contributed by atoms with Gasteiger partial charge < -0.3 is 44.8 Å². The summed E-state index contributed by atoms with van der Waals surface area (Å²) in [5.41, 5.74) is -0.0119. The van der Waals surface area contributed by atoms with Crippen molar-refractivity contribution >= 4 is 36.8 Å². The zero-order chi connectivity index (χ0) is 45.6. The molecule has 1 unspecified atom stereocenters. The lowest BCUT2D eigenvalue weighted by Gasteiger charge is -2.63. The summed E-state index contributed by atoms with van der Waals surface area (Å²) in [7, 11) is 2.71. The molecule has 64 heavy (non-hydrogen) atoms. The molecule has 1 amide bonds. The fourth-order valence-corrected chi connectivity index (χ4v) is 15.3. The molecule has 10 atom stereocenters. The molecule has 348 valence electrons. The summed E-state index contributed by atoms with van der Waals surface area (Å²) < 4.78 is 12.1. The van der Waals surface area contributed by atoms with Crippen LogP contribution in [-0.2, 0) is 38.0 Å². The highest BCUT2D eigenvalue weighted by Gasteiger charge is 2.78. The Hall–Kier alpha value is -3.76. The van der Waals surface area contributed by atoms with Crippen LogP contribution in [0.4, 0.5) is 5.69 Å². The molecular weight excluding hydrogens is 827 g/mol. The number of esters is 1. The van der Waals surface area contributed by atoms with E-state index in [0.29, 0.717) is 76.2 Å². The Labute approximate surface area is 379 Å². The van der Waals surface area contributed by atoms with E-state index in [4.69, 9.17) is 9.47 Å². The molecule has 6 aliphatic rings. The van der Waals surface area contributed by atoms with Crippen molar-refractivity contribution < 1.29 is 39.2 Å². The molecule has 1 aliphatic carbocycles. The highest BCUT2D eigenvalue weighted by atomic mass is 28.4. The van der Waals surface area contributed by atoms with Crippen molar-refractivity contribution in [2.75, 3.05) is 65.4 Å². The van der Waals surface area contributed by atoms with Crippen LogP contribution < -0.4 is 15.0 Å². The number of amides is 1. The summed E-state index contributed by atoms with van der Waals surface area (Å²) in [5, 5.41) is 41.9. The molecule has 3 fully saturated rings. The lowest BCUT2D eigenvalue weighted by molar-refractivity contribution is -0.203. The number of aromatic amines is 1. The van der Waals surface area contributed by atoms with E-state index in [-0.39, 0.29) is 24.5 Å². The number of anilines is 1. The quantitative estimate of drug-likeness (QED) is 0.0654. The predicted molar refractivity (Wildman–Crippen MR) is 250 cm³/mol. The Morgan fingerprint density at radius 1 is 1.05 bits per heavy atom. The van der Waals surface area contributed by atoms with E-state index in [1.165, 1.54) is 7.11 Å². The highest BCUT2D eigenvalue weighted by molar-refractivity contribution is 6.69. The summed E-state index contributed by atoms with van der Waals surface area (Å²) >= 11 is 0. The summed E-state index contributed by atoms with van der Waals surface area (Å²) in [6.45, 7) is 11.7. The maximum atomic E-state index is 14.9. The third-order valence-corrected chi connectivity index (χ3v) is 18.6. The number of methoxy groups -OCH3 is 2. The van der Waals surface area contributed by atoms with Gasteiger partial charge in [0.05, 0.1) is 25.9 Å². The second-order valence-electron chi connectivity index (χ2n) is 21.1. The van der Waals surface area contributed by atoms with E-state index >= 15 is 0 Å². The minimum absolute atomic E-state index is 0.0334. The molecule has 1 saturated carbocycles. The molecule has 14 heteroatoms. The second-order valence-corrected chi connectivity index (χ2v) is 25.2. The maximum Gasteiger partial charge on any atom is 0.317 e. The molecule has 3 aromatic rings. The third-order valence-electron chi connectivity index (χ3n) is 17.0. The molecule has 1 spiro atoms. The number of H-pyrrole nitrogens is 1. The number of carbonyl (C=O) groups excluding carboxylic acids is 2. The number of hydrogen-bond donors (Lipinski definition) is 6. The van der Waals surface area contributed by atoms with Crippen LogP contribution in [0, 0.1) is 11.3 Å². The number of rotatable bonds is 12. The van der Waals surface area contributed by atoms with Crippen LogP contribution in [0.3, 0.4) is 0 Å². The Morgan fingerprint density at radius 2 is 1.83 bits per heavy atom. The molecule has 6 N–H and O–H groups in total. The van der Waals surface area contributed by atoms with Crippen molar-refractivity contribution in [2.24, 2.45) is 11.3 Å². The molecule has 6 heterocycles. The van der Waals surface area contributed by atoms with Crippen molar-refractivity contribution in [2.45, 2.75) is 131 Å². The van der Waals surface area contributed by atoms with Crippen LogP contribution in [-0.4, -0.2) is 145 Å². The van der Waals surface area contributed by atoms with E-state index in [2.05, 4.69) is 50.5 Å². The lowest BCUT2D eigenvalue weighted by atomic mass is 9.47. The van der Waals surface area contributed by atoms with Crippen molar-refractivity contribution in [3.05, 3.63) is 70.9 Å². The molecule has 2 aromatic carbocycles. The summed E-state index contributed by atoms with van der Waals surface area (Å²) in [4.78, 5) is 50.7. The fourth-order valence-electron chi connectivity index (χ4n) is 14.3. The van der Waals surface area contributed by atoms with Crippen LogP contribution in [0.5, 0.6) is 5.75 Å². The number of aromatic nitrogens is 1. The Kier molecular flexibility index (Phi) is 11.5. The first-order valence-corrected chi connectivity index (χ1v) is 27.0. The number of aliphatic hydroxyl groups is 3. The van der Waals surface area contributed by atoms with Gasteiger partial charge in [-0.15, -0.1) is 0 Å². The number of likely N-dealkylation sites (N-methyl/N-ethyl adjacent to an activating group) is 1. The van der Waals surface area contributed by atoms with Gasteiger partial charge in [-0.3, -0.25) is 19.4 Å². The largest absolute Gasteiger partial charge is 0.496 e. The fraction of sp³-hybridized carbons (Fsp3) is 0.640. The van der Waals surface area contributed by atoms with Gasteiger partial charge in [0.1, 0.15) is 17.3 Å². The highest BCUT2D eigenvalue weighted by Crippen LogP contribution is 2.67. The average molecular weight is 898 g/mol. The predicted octanol–water partition coefficient (Wildman–Crippen LogP) is 4.54. The average Bonchev–Trinajstić information content (AvgIpc) is 3.94. The zero-order valence-electron chi connectivity index (χ0n) is 39.0. The van der Waals surface area contributed by atoms with Gasteiger partial charge in [0.25, 0.3) is 5.91 Å². The van der Waals surface area contributed by atoms with Gasteiger partial charge in [-0.1, -0.05) is 44.2 Å². The van der Waals surface area contributed by atoms with Gasteiger partial charge in [-0.2, -0.15) is 0 Å². The van der Waals surface area contributed by atoms with Crippen molar-refractivity contribution in [1.29, 1.82) is 0 Å². The van der Waals surface area contributed by atoms with Crippen LogP contribution in [0.25, 0.3) is 10.9 Å². The van der Waals surface area contributed by atoms with Crippen molar-refractivity contribution in [3.8, 4) is 5.75 Å². The number of nitrogens with one attached hydrogen (secondary N) is 2. The molecule has 13 nitrogen and oxygen atoms in total. The van der Waals surface area contributed by atoms with Crippen LogP contribution in [0.15, 0.2) is 48.6 Å². The number of ether oxygens (including phenoxy) is 2. The Balaban J connectivity index is 1.16. The SMILES string of the molecule is CC[C@]1(O)C[C@@H]2CN(CCc3c([nH]c4ccccc34)[C@](CCc3cc4c(cc3OC)N(C)[C@H]3[C@@](O)(C(=O)NCCC[Si](C)(C)O)[C@H](O)[C@]5(CC)C=CCN6CC[C@]43[C@@H]65)(C(=O)OC)C2)C1. The number of aliphatic hydroxyl groups excluding tert-OH is 1. The topological polar surface area (TPSA) is 171 Å². The van der Waals surface area contributed by atoms with E-state index in [9.17, 15) is 29.7 Å². The van der Waals surface area contributed by atoms with E-state index < -0.39 is 53.8 Å². The number of aryl methyl sites for hydroxylation is 1. The first-order valence-electron chi connectivity index (χ1n) is 23.9. The third kappa shape index (κ3) is 6.74. The summed E-state index contributed by atoms with van der Waals surface area (Å²) in [5.74, 6) is -0.212. The standard InChI is InChI=1S/C50H71N5O8Si/c1-8-46(59)28-32-29-48(45(58)63-5,40-35(17-23-54(30-32)31-46)34-14-10-11-15-37(34)52-40)19-16-33-26-36-38(27-39(33)62-4)53(3)42-49(36)20-24-55-22-12-18-47(9-2,41(49)55)43(56)50(42,60)44(57)51-21-13-25-64(6,7)61/h10-12,14-15,18,26-27,32,41-43,52,56,59-61H,8-9,13,16-17,19-25,28-31H2,1-7H3,(H,51,57)/t32-,41-,42+,43+,46-,47+,48+,49+,50-/m0/s1. The smallest absolute Gasteiger partial charge is 0.317 e. The van der Waals surface area contributed by atoms with Gasteiger partial charge in [-0.25, -0.2) is 0 Å². The van der Waals surface area contributed by atoms with Gasteiger partial charge in [0.15, 0.2) is 13.9 Å². The van der Waals surface area contributed by atoms with Crippen molar-refractivity contribution in [3.63, 3.8) is 0 Å². The number of nitrogens with zero attached hydrogens (tertiary/aromatic N) is 3. The number of piperidine rings is 1. The molecule has 1 aromatic heterocycles. The Bertz CT molecular complexity index is 2330. The first kappa shape index (κ1) is 45.4. The van der Waals surface area contributed by atoms with E-state index in [1.807, 2.05) is 57.1 Å². The zero-order valence-corrected chi connectivity index (χ0v) is 40.0. The van der Waals surface area contributed by atoms with E-state index in [1.54, 1.807) is 7.11 Å². The number of fused-ring (bicyclic) bond motifs is 6. The molecule has 0 radical (unpaired) electrons. The minimum Gasteiger partial charge on any atom is -0.496 e. The number of para-hydroxylation sites is 1. The lowest BCUT2D eigenvalue weighted by Crippen LogP contribution is -2.81. The van der Waals surface area contributed by atoms with Gasteiger partial charge in [0.2, 0.25) is 0 Å². The van der Waals surface area contributed by atoms with Crippen molar-refractivity contribution in [1.82, 2.24) is 20.1 Å². The summed E-state index contributed by atoms with van der Waals surface area (Å²) in [6.07, 6.45) is 7.85. The molecular formula is C50H71N5O8Si. The number of hydrogen-bond acceptors (Lipinski definition) is 11. The molecule has 5 aliphatic heterocycles.